The van der Waals surface area contributed by atoms with Crippen molar-refractivity contribution in [2.75, 3.05) is 6.54 Å². The minimum absolute atomic E-state index is 0.000993. The van der Waals surface area contributed by atoms with E-state index in [0.29, 0.717) is 37.7 Å². The van der Waals surface area contributed by atoms with Crippen molar-refractivity contribution in [2.24, 2.45) is 11.7 Å². The van der Waals surface area contributed by atoms with Gasteiger partial charge >= 0.3 is 0 Å². The molecule has 1 aliphatic heterocycles. The van der Waals surface area contributed by atoms with Gasteiger partial charge in [-0.1, -0.05) is 32.9 Å². The molecule has 8 heteroatoms. The molecule has 0 aliphatic carbocycles. The van der Waals surface area contributed by atoms with Crippen molar-refractivity contribution in [1.82, 2.24) is 25.1 Å². The quantitative estimate of drug-likeness (QED) is 0.336. The molecule has 2 aromatic heterocycles. The molecule has 0 saturated heterocycles. The number of rotatable bonds is 6. The number of carbonyl (C=O) groups excluding carboxylic acids is 1. The van der Waals surface area contributed by atoms with E-state index in [0.717, 1.165) is 51.1 Å². The predicted octanol–water partition coefficient (Wildman–Crippen LogP) is 4.15. The molecule has 35 heavy (non-hydrogen) atoms. The van der Waals surface area contributed by atoms with Crippen LogP contribution in [0.1, 0.15) is 44.1 Å². The topological polar surface area (TPSA) is 124 Å². The summed E-state index contributed by atoms with van der Waals surface area (Å²) in [6, 6.07) is 11.2. The summed E-state index contributed by atoms with van der Waals surface area (Å²) in [5, 5.41) is 18.5. The Morgan fingerprint density at radius 3 is 2.83 bits per heavy atom. The van der Waals surface area contributed by atoms with Crippen LogP contribution in [0.25, 0.3) is 33.5 Å². The summed E-state index contributed by atoms with van der Waals surface area (Å²) in [5.74, 6) is 1.36. The van der Waals surface area contributed by atoms with E-state index in [-0.39, 0.29) is 11.7 Å². The van der Waals surface area contributed by atoms with Gasteiger partial charge in [0.2, 0.25) is 5.91 Å². The van der Waals surface area contributed by atoms with Crippen molar-refractivity contribution in [1.29, 1.82) is 0 Å². The number of benzene rings is 2. The van der Waals surface area contributed by atoms with Crippen LogP contribution in [0, 0.1) is 5.92 Å². The summed E-state index contributed by atoms with van der Waals surface area (Å²) >= 11 is 0. The maximum Gasteiger partial charge on any atom is 0.239 e. The van der Waals surface area contributed by atoms with E-state index < -0.39 is 6.04 Å². The first-order valence-corrected chi connectivity index (χ1v) is 12.3. The molecule has 8 nitrogen and oxygen atoms in total. The molecular weight excluding hydrogens is 440 g/mol. The summed E-state index contributed by atoms with van der Waals surface area (Å²) in [6.07, 6.45) is 2.20. The lowest BCUT2D eigenvalue weighted by atomic mass is 9.97. The van der Waals surface area contributed by atoms with Gasteiger partial charge in [-0.3, -0.25) is 9.89 Å². The lowest BCUT2D eigenvalue weighted by Crippen LogP contribution is -2.46. The minimum Gasteiger partial charge on any atom is -0.508 e. The van der Waals surface area contributed by atoms with Crippen LogP contribution in [0.5, 0.6) is 5.75 Å². The van der Waals surface area contributed by atoms with E-state index in [1.54, 1.807) is 6.07 Å². The highest BCUT2D eigenvalue weighted by molar-refractivity contribution is 5.94. The first kappa shape index (κ1) is 23.1. The van der Waals surface area contributed by atoms with Crippen LogP contribution in [0.4, 0.5) is 0 Å². The average molecular weight is 473 g/mol. The van der Waals surface area contributed by atoms with Gasteiger partial charge in [-0.15, -0.1) is 0 Å². The number of aromatic hydroxyl groups is 1. The zero-order valence-corrected chi connectivity index (χ0v) is 20.4. The van der Waals surface area contributed by atoms with Crippen molar-refractivity contribution in [3.8, 4) is 28.4 Å². The number of imidazole rings is 1. The number of nitrogens with zero attached hydrogens (tertiary/aromatic N) is 3. The molecule has 0 spiro atoms. The Labute approximate surface area is 204 Å². The summed E-state index contributed by atoms with van der Waals surface area (Å²) < 4.78 is 0. The zero-order valence-electron chi connectivity index (χ0n) is 20.4. The van der Waals surface area contributed by atoms with Gasteiger partial charge in [-0.05, 0) is 59.7 Å². The number of hydrogen-bond acceptors (Lipinski definition) is 5. The monoisotopic (exact) mass is 472 g/mol. The Kier molecular flexibility index (Phi) is 6.06. The molecule has 3 heterocycles. The number of hydrogen-bond donors (Lipinski definition) is 4. The van der Waals surface area contributed by atoms with E-state index in [4.69, 9.17) is 10.7 Å². The molecular formula is C27H32N6O2. The van der Waals surface area contributed by atoms with E-state index in [1.165, 1.54) is 0 Å². The maximum absolute atomic E-state index is 12.8. The number of carbonyl (C=O) groups is 1. The van der Waals surface area contributed by atoms with Crippen LogP contribution in [0.2, 0.25) is 0 Å². The molecule has 182 valence electrons. The molecule has 0 unspecified atom stereocenters. The summed E-state index contributed by atoms with van der Waals surface area (Å²) in [6.45, 7) is 7.34. The van der Waals surface area contributed by atoms with Crippen molar-refractivity contribution >= 4 is 16.8 Å². The van der Waals surface area contributed by atoms with E-state index in [2.05, 4.69) is 54.2 Å². The number of aromatic amines is 2. The predicted molar refractivity (Wildman–Crippen MR) is 137 cm³/mol. The maximum atomic E-state index is 12.8. The second-order valence-corrected chi connectivity index (χ2v) is 9.78. The molecule has 0 fully saturated rings. The van der Waals surface area contributed by atoms with E-state index >= 15 is 0 Å². The number of fused-ring (bicyclic) bond motifs is 2. The third-order valence-corrected chi connectivity index (χ3v) is 6.75. The zero-order chi connectivity index (χ0) is 24.7. The third kappa shape index (κ3) is 4.41. The van der Waals surface area contributed by atoms with Crippen LogP contribution in [0.15, 0.2) is 36.4 Å². The van der Waals surface area contributed by atoms with Crippen LogP contribution in [-0.4, -0.2) is 48.7 Å². The van der Waals surface area contributed by atoms with Crippen LogP contribution in [0.3, 0.4) is 0 Å². The number of nitrogens with one attached hydrogen (secondary N) is 2. The molecule has 5 rings (SSSR count). The van der Waals surface area contributed by atoms with Crippen molar-refractivity contribution < 1.29 is 9.90 Å². The van der Waals surface area contributed by atoms with Crippen LogP contribution < -0.4 is 5.73 Å². The smallest absolute Gasteiger partial charge is 0.239 e. The van der Waals surface area contributed by atoms with Crippen molar-refractivity contribution in [3.63, 3.8) is 0 Å². The number of nitrogens with two attached hydrogens (primary N) is 1. The highest BCUT2D eigenvalue weighted by Crippen LogP contribution is 2.33. The Morgan fingerprint density at radius 1 is 1.23 bits per heavy atom. The summed E-state index contributed by atoms with van der Waals surface area (Å²) in [7, 11) is 0. The average Bonchev–Trinajstić information content (AvgIpc) is 3.45. The fraction of sp³-hybridized carbons (Fsp3) is 0.370. The van der Waals surface area contributed by atoms with E-state index in [1.807, 2.05) is 17.0 Å². The summed E-state index contributed by atoms with van der Waals surface area (Å²) in [5.41, 5.74) is 13.0. The molecule has 0 radical (unpaired) electrons. The number of phenolic OH excluding ortho intramolecular Hbond substituents is 1. The minimum atomic E-state index is -0.467. The molecule has 0 bridgehead atoms. The van der Waals surface area contributed by atoms with Gasteiger partial charge < -0.3 is 20.7 Å². The van der Waals surface area contributed by atoms with Crippen LogP contribution >= 0.6 is 0 Å². The van der Waals surface area contributed by atoms with Crippen molar-refractivity contribution in [2.45, 2.75) is 52.6 Å². The van der Waals surface area contributed by atoms with Gasteiger partial charge in [-0.25, -0.2) is 4.98 Å². The molecule has 1 atom stereocenters. The lowest BCUT2D eigenvalue weighted by Gasteiger charge is -2.29. The molecule has 4 aromatic rings. The number of aryl methyl sites for hydroxylation is 1. The number of aromatic nitrogens is 4. The number of amides is 1. The first-order valence-electron chi connectivity index (χ1n) is 12.3. The second-order valence-electron chi connectivity index (χ2n) is 9.78. The van der Waals surface area contributed by atoms with E-state index in [9.17, 15) is 9.90 Å². The fourth-order valence-corrected chi connectivity index (χ4v) is 4.96. The highest BCUT2D eigenvalue weighted by Gasteiger charge is 2.28. The second kappa shape index (κ2) is 9.19. The number of H-pyrrole nitrogens is 2. The van der Waals surface area contributed by atoms with Gasteiger partial charge in [0.25, 0.3) is 0 Å². The lowest BCUT2D eigenvalue weighted by molar-refractivity contribution is -0.134. The largest absolute Gasteiger partial charge is 0.508 e. The van der Waals surface area contributed by atoms with Gasteiger partial charge in [0, 0.05) is 18.4 Å². The molecule has 1 aliphatic rings. The fourth-order valence-electron chi connectivity index (χ4n) is 4.96. The summed E-state index contributed by atoms with van der Waals surface area (Å²) in [4.78, 5) is 22.9. The molecule has 1 amide bonds. The Hall–Kier alpha value is -3.65. The van der Waals surface area contributed by atoms with Gasteiger partial charge in [-0.2, -0.15) is 5.10 Å². The SMILES string of the molecule is CCc1cc(O)ccc1-c1ccc2c(-c3nc4c([nH]3)CN(C(=O)[C@@H](N)CC(C)C)CC4)n[nH]c2c1. The van der Waals surface area contributed by atoms with Gasteiger partial charge in [0.15, 0.2) is 5.82 Å². The van der Waals surface area contributed by atoms with Gasteiger partial charge in [0.1, 0.15) is 11.4 Å². The Balaban J connectivity index is 1.41. The Morgan fingerprint density at radius 2 is 2.06 bits per heavy atom. The highest BCUT2D eigenvalue weighted by atomic mass is 16.3. The van der Waals surface area contributed by atoms with Crippen LogP contribution in [-0.2, 0) is 24.2 Å². The first-order chi connectivity index (χ1) is 16.8. The third-order valence-electron chi connectivity index (χ3n) is 6.75. The van der Waals surface area contributed by atoms with Crippen molar-refractivity contribution in [3.05, 3.63) is 53.3 Å². The van der Waals surface area contributed by atoms with Gasteiger partial charge in [0.05, 0.1) is 29.5 Å². The molecule has 5 N–H and O–H groups in total. The molecule has 2 aromatic carbocycles. The number of phenols is 1. The Bertz CT molecular complexity index is 1390. The normalized spacial score (nSPS) is 14.5. The standard InChI is InChI=1S/C27H32N6O2/c1-4-16-12-18(34)6-8-19(16)17-5-7-20-23(13-17)31-32-25(20)26-29-22-9-10-33(14-24(22)30-26)27(35)21(28)11-15(2)3/h5-8,12-13,15,21,34H,4,9-11,14,28H2,1-3H3,(H,29,30)(H,31,32)/t21-/m0/s1. The molecule has 0 saturated carbocycles.